The summed E-state index contributed by atoms with van der Waals surface area (Å²) in [6.45, 7) is 3.21. The van der Waals surface area contributed by atoms with Crippen molar-refractivity contribution in [1.82, 2.24) is 10.9 Å². The molecular weight excluding hydrogens is 424 g/mol. The second kappa shape index (κ2) is 9.45. The third-order valence-corrected chi connectivity index (χ3v) is 4.06. The molecule has 2 aromatic carbocycles. The quantitative estimate of drug-likeness (QED) is 0.674. The van der Waals surface area contributed by atoms with Gasteiger partial charge in [-0.3, -0.25) is 20.4 Å². The Balaban J connectivity index is 1.75. The summed E-state index contributed by atoms with van der Waals surface area (Å²) in [5.74, 6) is 0.110. The number of aryl methyl sites for hydroxylation is 1. The molecule has 0 fully saturated rings. The van der Waals surface area contributed by atoms with Gasteiger partial charge in [-0.2, -0.15) is 0 Å². The van der Waals surface area contributed by atoms with Crippen LogP contribution in [0.4, 0.5) is 0 Å². The average molecular weight is 442 g/mol. The number of hydrazine groups is 1. The Hall–Kier alpha value is -2.25. The molecule has 138 valence electrons. The lowest BCUT2D eigenvalue weighted by Crippen LogP contribution is -2.48. The fourth-order valence-corrected chi connectivity index (χ4v) is 2.56. The molecule has 0 aromatic heterocycles. The van der Waals surface area contributed by atoms with Gasteiger partial charge in [0.15, 0.2) is 12.7 Å². The van der Waals surface area contributed by atoms with E-state index >= 15 is 0 Å². The Morgan fingerprint density at radius 1 is 1.15 bits per heavy atom. The minimum atomic E-state index is -0.800. The maximum absolute atomic E-state index is 12.0. The third-order valence-electron chi connectivity index (χ3n) is 3.32. The SMILES string of the molecule is Cc1cc(Br)ccc1OCC(=O)NNC(=O)C(C)Oc1ccc(Cl)cc1. The van der Waals surface area contributed by atoms with Gasteiger partial charge in [-0.15, -0.1) is 0 Å². The standard InChI is InChI=1S/C18H18BrClN2O4/c1-11-9-13(19)3-8-16(11)25-10-17(23)21-22-18(24)12(2)26-15-6-4-14(20)5-7-15/h3-9,12H,10H2,1-2H3,(H,21,23)(H,22,24). The molecule has 0 aliphatic rings. The first kappa shape index (κ1) is 20.1. The molecule has 0 saturated heterocycles. The molecule has 0 spiro atoms. The molecule has 1 atom stereocenters. The fourth-order valence-electron chi connectivity index (χ4n) is 1.96. The monoisotopic (exact) mass is 440 g/mol. The van der Waals surface area contributed by atoms with Crippen molar-refractivity contribution in [2.45, 2.75) is 20.0 Å². The van der Waals surface area contributed by atoms with Crippen LogP contribution in [-0.4, -0.2) is 24.5 Å². The minimum Gasteiger partial charge on any atom is -0.483 e. The first-order valence-electron chi connectivity index (χ1n) is 7.75. The molecule has 2 amide bonds. The Bertz CT molecular complexity index is 783. The van der Waals surface area contributed by atoms with E-state index in [4.69, 9.17) is 21.1 Å². The number of nitrogens with one attached hydrogen (secondary N) is 2. The molecule has 1 unspecified atom stereocenters. The summed E-state index contributed by atoms with van der Waals surface area (Å²) >= 11 is 9.15. The number of halogens is 2. The van der Waals surface area contributed by atoms with Crippen molar-refractivity contribution in [1.29, 1.82) is 0 Å². The van der Waals surface area contributed by atoms with E-state index in [0.29, 0.717) is 16.5 Å². The molecule has 0 aliphatic heterocycles. The van der Waals surface area contributed by atoms with Crippen LogP contribution in [-0.2, 0) is 9.59 Å². The lowest BCUT2D eigenvalue weighted by atomic mass is 10.2. The van der Waals surface area contributed by atoms with E-state index in [2.05, 4.69) is 26.8 Å². The van der Waals surface area contributed by atoms with Gasteiger partial charge in [0.05, 0.1) is 0 Å². The first-order chi connectivity index (χ1) is 12.3. The summed E-state index contributed by atoms with van der Waals surface area (Å²) < 4.78 is 11.8. The van der Waals surface area contributed by atoms with E-state index in [1.165, 1.54) is 0 Å². The van der Waals surface area contributed by atoms with E-state index in [0.717, 1.165) is 10.0 Å². The van der Waals surface area contributed by atoms with E-state index in [-0.39, 0.29) is 6.61 Å². The number of benzene rings is 2. The molecule has 2 N–H and O–H groups in total. The van der Waals surface area contributed by atoms with E-state index in [1.807, 2.05) is 19.1 Å². The van der Waals surface area contributed by atoms with Gasteiger partial charge in [0.25, 0.3) is 11.8 Å². The number of rotatable bonds is 6. The zero-order valence-electron chi connectivity index (χ0n) is 14.2. The highest BCUT2D eigenvalue weighted by atomic mass is 79.9. The van der Waals surface area contributed by atoms with Crippen molar-refractivity contribution in [2.75, 3.05) is 6.61 Å². The summed E-state index contributed by atoms with van der Waals surface area (Å²) in [6, 6.07) is 12.1. The van der Waals surface area contributed by atoms with Gasteiger partial charge < -0.3 is 9.47 Å². The molecule has 26 heavy (non-hydrogen) atoms. The van der Waals surface area contributed by atoms with Gasteiger partial charge in [-0.25, -0.2) is 0 Å². The van der Waals surface area contributed by atoms with Gasteiger partial charge in [-0.1, -0.05) is 27.5 Å². The fraction of sp³-hybridized carbons (Fsp3) is 0.222. The summed E-state index contributed by atoms with van der Waals surface area (Å²) in [6.07, 6.45) is -0.800. The number of hydrogen-bond acceptors (Lipinski definition) is 4. The van der Waals surface area contributed by atoms with E-state index in [9.17, 15) is 9.59 Å². The smallest absolute Gasteiger partial charge is 0.279 e. The van der Waals surface area contributed by atoms with Crippen LogP contribution < -0.4 is 20.3 Å². The van der Waals surface area contributed by atoms with Crippen LogP contribution in [0.2, 0.25) is 5.02 Å². The van der Waals surface area contributed by atoms with E-state index in [1.54, 1.807) is 37.3 Å². The summed E-state index contributed by atoms with van der Waals surface area (Å²) in [5, 5.41) is 0.572. The zero-order valence-corrected chi connectivity index (χ0v) is 16.6. The van der Waals surface area contributed by atoms with Crippen molar-refractivity contribution < 1.29 is 19.1 Å². The van der Waals surface area contributed by atoms with Gasteiger partial charge in [0, 0.05) is 9.50 Å². The van der Waals surface area contributed by atoms with Gasteiger partial charge in [-0.05, 0) is 61.9 Å². The number of hydrogen-bond donors (Lipinski definition) is 2. The summed E-state index contributed by atoms with van der Waals surface area (Å²) in [5.41, 5.74) is 5.47. The predicted octanol–water partition coefficient (Wildman–Crippen LogP) is 3.40. The molecule has 0 saturated carbocycles. The van der Waals surface area contributed by atoms with Gasteiger partial charge in [0.1, 0.15) is 11.5 Å². The van der Waals surface area contributed by atoms with Crippen LogP contribution >= 0.6 is 27.5 Å². The maximum Gasteiger partial charge on any atom is 0.279 e. The average Bonchev–Trinajstić information content (AvgIpc) is 2.60. The number of carbonyl (C=O) groups excluding carboxylic acids is 2. The van der Waals surface area contributed by atoms with Gasteiger partial charge in [0.2, 0.25) is 0 Å². The molecule has 8 heteroatoms. The Kier molecular flexibility index (Phi) is 7.29. The van der Waals surface area contributed by atoms with Gasteiger partial charge >= 0.3 is 0 Å². The number of amides is 2. The van der Waals surface area contributed by atoms with Crippen molar-refractivity contribution in [3.63, 3.8) is 0 Å². The summed E-state index contributed by atoms with van der Waals surface area (Å²) in [4.78, 5) is 23.8. The van der Waals surface area contributed by atoms with Crippen LogP contribution in [0.5, 0.6) is 11.5 Å². The first-order valence-corrected chi connectivity index (χ1v) is 8.92. The zero-order chi connectivity index (χ0) is 19.1. The lowest BCUT2D eigenvalue weighted by molar-refractivity contribution is -0.133. The Morgan fingerprint density at radius 2 is 1.85 bits per heavy atom. The lowest BCUT2D eigenvalue weighted by Gasteiger charge is -2.15. The summed E-state index contributed by atoms with van der Waals surface area (Å²) in [7, 11) is 0. The Labute approximate surface area is 164 Å². The third kappa shape index (κ3) is 6.24. The molecule has 2 rings (SSSR count). The molecule has 6 nitrogen and oxygen atoms in total. The second-order valence-corrected chi connectivity index (χ2v) is 6.80. The predicted molar refractivity (Wildman–Crippen MR) is 102 cm³/mol. The highest BCUT2D eigenvalue weighted by Gasteiger charge is 2.15. The van der Waals surface area contributed by atoms with Crippen molar-refractivity contribution >= 4 is 39.3 Å². The van der Waals surface area contributed by atoms with E-state index < -0.39 is 17.9 Å². The Morgan fingerprint density at radius 3 is 2.50 bits per heavy atom. The van der Waals surface area contributed by atoms with Crippen LogP contribution in [0.1, 0.15) is 12.5 Å². The normalized spacial score (nSPS) is 11.4. The highest BCUT2D eigenvalue weighted by Crippen LogP contribution is 2.22. The molecule has 0 radical (unpaired) electrons. The number of ether oxygens (including phenoxy) is 2. The molecule has 0 heterocycles. The maximum atomic E-state index is 12.0. The largest absolute Gasteiger partial charge is 0.483 e. The highest BCUT2D eigenvalue weighted by molar-refractivity contribution is 9.10. The second-order valence-electron chi connectivity index (χ2n) is 5.45. The number of carbonyl (C=O) groups is 2. The van der Waals surface area contributed by atoms with Crippen LogP contribution in [0, 0.1) is 6.92 Å². The van der Waals surface area contributed by atoms with Crippen molar-refractivity contribution in [3.8, 4) is 11.5 Å². The minimum absolute atomic E-state index is 0.227. The molecule has 0 aliphatic carbocycles. The molecular formula is C18H18BrClN2O4. The topological polar surface area (TPSA) is 76.7 Å². The molecule has 2 aromatic rings. The van der Waals surface area contributed by atoms with Crippen molar-refractivity contribution in [2.24, 2.45) is 0 Å². The van der Waals surface area contributed by atoms with Crippen LogP contribution in [0.3, 0.4) is 0 Å². The van der Waals surface area contributed by atoms with Crippen molar-refractivity contribution in [3.05, 3.63) is 57.5 Å². The molecule has 0 bridgehead atoms. The van der Waals surface area contributed by atoms with Crippen LogP contribution in [0.15, 0.2) is 46.9 Å². The van der Waals surface area contributed by atoms with Crippen LogP contribution in [0.25, 0.3) is 0 Å².